The van der Waals surface area contributed by atoms with Crippen LogP contribution in [-0.2, 0) is 6.54 Å². The van der Waals surface area contributed by atoms with Crippen molar-refractivity contribution in [3.05, 3.63) is 12.4 Å². The molecule has 0 atom stereocenters. The van der Waals surface area contributed by atoms with E-state index in [0.29, 0.717) is 13.0 Å². The van der Waals surface area contributed by atoms with Crippen molar-refractivity contribution in [1.82, 2.24) is 9.55 Å². The van der Waals surface area contributed by atoms with Crippen LogP contribution >= 0.6 is 0 Å². The molecule has 6 nitrogen and oxygen atoms in total. The molecule has 84 valence electrons. The first-order chi connectivity index (χ1) is 7.19. The average Bonchev–Trinajstić information content (AvgIpc) is 2.73. The van der Waals surface area contributed by atoms with Gasteiger partial charge < -0.3 is 20.4 Å². The van der Waals surface area contributed by atoms with E-state index in [1.807, 2.05) is 22.7 Å². The largest absolute Gasteiger partial charge is 0.409 e. The molecule has 15 heavy (non-hydrogen) atoms. The van der Waals surface area contributed by atoms with Gasteiger partial charge in [0.2, 0.25) is 5.95 Å². The van der Waals surface area contributed by atoms with Crippen LogP contribution in [0, 0.1) is 0 Å². The fourth-order valence-corrected chi connectivity index (χ4v) is 1.32. The lowest BCUT2D eigenvalue weighted by Crippen LogP contribution is -2.26. The first-order valence-corrected chi connectivity index (χ1v) is 4.87. The van der Waals surface area contributed by atoms with Crippen LogP contribution in [0.15, 0.2) is 17.5 Å². The molecule has 0 aliphatic rings. The van der Waals surface area contributed by atoms with E-state index >= 15 is 0 Å². The van der Waals surface area contributed by atoms with Crippen molar-refractivity contribution in [3.8, 4) is 0 Å². The Hall–Kier alpha value is -1.72. The molecule has 0 saturated heterocycles. The molecule has 1 heterocycles. The average molecular weight is 211 g/mol. The van der Waals surface area contributed by atoms with E-state index in [9.17, 15) is 0 Å². The lowest BCUT2D eigenvalue weighted by Gasteiger charge is -2.18. The zero-order valence-electron chi connectivity index (χ0n) is 9.09. The normalized spacial score (nSPS) is 11.7. The SMILES string of the molecule is CCn1ccnc1N(C)CCC(N)=NO. The van der Waals surface area contributed by atoms with Crippen molar-refractivity contribution in [2.24, 2.45) is 10.9 Å². The van der Waals surface area contributed by atoms with Crippen molar-refractivity contribution in [2.45, 2.75) is 19.9 Å². The number of nitrogens with two attached hydrogens (primary N) is 1. The number of aryl methyl sites for hydroxylation is 1. The summed E-state index contributed by atoms with van der Waals surface area (Å²) in [4.78, 5) is 6.21. The Morgan fingerprint density at radius 1 is 1.73 bits per heavy atom. The molecule has 0 radical (unpaired) electrons. The molecular formula is C9H17N5O. The fourth-order valence-electron chi connectivity index (χ4n) is 1.32. The van der Waals surface area contributed by atoms with Crippen LogP contribution in [0.1, 0.15) is 13.3 Å². The maximum Gasteiger partial charge on any atom is 0.205 e. The molecule has 0 unspecified atom stereocenters. The molecule has 0 aromatic carbocycles. The standard InChI is InChI=1S/C9H17N5O/c1-3-14-7-5-11-9(14)13(2)6-4-8(10)12-15/h5,7,15H,3-4,6H2,1-2H3,(H2,10,12). The van der Waals surface area contributed by atoms with Crippen molar-refractivity contribution >= 4 is 11.8 Å². The van der Waals surface area contributed by atoms with Crippen molar-refractivity contribution in [3.63, 3.8) is 0 Å². The van der Waals surface area contributed by atoms with E-state index in [1.54, 1.807) is 6.20 Å². The van der Waals surface area contributed by atoms with Gasteiger partial charge in [0.1, 0.15) is 5.84 Å². The van der Waals surface area contributed by atoms with E-state index in [1.165, 1.54) is 0 Å². The second kappa shape index (κ2) is 5.23. The summed E-state index contributed by atoms with van der Waals surface area (Å²) in [5.74, 6) is 1.12. The summed E-state index contributed by atoms with van der Waals surface area (Å²) >= 11 is 0. The Bertz CT molecular complexity index is 333. The van der Waals surface area contributed by atoms with Gasteiger partial charge in [-0.15, -0.1) is 0 Å². The monoisotopic (exact) mass is 211 g/mol. The van der Waals surface area contributed by atoms with Crippen LogP contribution in [-0.4, -0.2) is 34.2 Å². The summed E-state index contributed by atoms with van der Waals surface area (Å²) in [6.07, 6.45) is 4.21. The second-order valence-electron chi connectivity index (χ2n) is 3.28. The Kier molecular flexibility index (Phi) is 3.96. The van der Waals surface area contributed by atoms with Crippen LogP contribution in [0.25, 0.3) is 0 Å². The fraction of sp³-hybridized carbons (Fsp3) is 0.556. The van der Waals surface area contributed by atoms with Crippen LogP contribution in [0.5, 0.6) is 0 Å². The zero-order chi connectivity index (χ0) is 11.3. The predicted octanol–water partition coefficient (Wildman–Crippen LogP) is 0.476. The number of amidine groups is 1. The summed E-state index contributed by atoms with van der Waals surface area (Å²) in [7, 11) is 1.93. The predicted molar refractivity (Wildman–Crippen MR) is 59.2 cm³/mol. The minimum atomic E-state index is 0.233. The summed E-state index contributed by atoms with van der Waals surface area (Å²) in [6, 6.07) is 0. The van der Waals surface area contributed by atoms with Gasteiger partial charge in [-0.25, -0.2) is 4.98 Å². The number of imidazole rings is 1. The highest BCUT2D eigenvalue weighted by atomic mass is 16.4. The van der Waals surface area contributed by atoms with Crippen molar-refractivity contribution < 1.29 is 5.21 Å². The number of anilines is 1. The van der Waals surface area contributed by atoms with Gasteiger partial charge in [0, 0.05) is 39.0 Å². The van der Waals surface area contributed by atoms with E-state index in [-0.39, 0.29) is 5.84 Å². The van der Waals surface area contributed by atoms with Gasteiger partial charge in [-0.3, -0.25) is 0 Å². The zero-order valence-corrected chi connectivity index (χ0v) is 9.09. The molecule has 0 aliphatic carbocycles. The van der Waals surface area contributed by atoms with Gasteiger partial charge >= 0.3 is 0 Å². The third-order valence-corrected chi connectivity index (χ3v) is 2.21. The quantitative estimate of drug-likeness (QED) is 0.321. The minimum Gasteiger partial charge on any atom is -0.409 e. The topological polar surface area (TPSA) is 79.7 Å². The third-order valence-electron chi connectivity index (χ3n) is 2.21. The van der Waals surface area contributed by atoms with Gasteiger partial charge in [-0.2, -0.15) is 0 Å². The van der Waals surface area contributed by atoms with Gasteiger partial charge in [-0.1, -0.05) is 5.16 Å². The molecule has 6 heteroatoms. The van der Waals surface area contributed by atoms with Crippen molar-refractivity contribution in [2.75, 3.05) is 18.5 Å². The maximum atomic E-state index is 8.40. The second-order valence-corrected chi connectivity index (χ2v) is 3.28. The van der Waals surface area contributed by atoms with Gasteiger partial charge in [0.05, 0.1) is 0 Å². The van der Waals surface area contributed by atoms with Gasteiger partial charge in [-0.05, 0) is 6.92 Å². The molecule has 0 fully saturated rings. The molecule has 0 spiro atoms. The molecule has 0 amide bonds. The molecule has 1 rings (SSSR count). The summed E-state index contributed by atoms with van der Waals surface area (Å²) in [5.41, 5.74) is 5.39. The van der Waals surface area contributed by atoms with E-state index in [4.69, 9.17) is 10.9 Å². The first-order valence-electron chi connectivity index (χ1n) is 4.87. The molecule has 1 aromatic rings. The molecule has 3 N–H and O–H groups in total. The summed E-state index contributed by atoms with van der Waals surface area (Å²) < 4.78 is 2.03. The number of aromatic nitrogens is 2. The van der Waals surface area contributed by atoms with Gasteiger partial charge in [0.15, 0.2) is 0 Å². The van der Waals surface area contributed by atoms with Crippen LogP contribution in [0.3, 0.4) is 0 Å². The molecule has 1 aromatic heterocycles. The van der Waals surface area contributed by atoms with Crippen LogP contribution in [0.2, 0.25) is 0 Å². The number of rotatable bonds is 5. The maximum absolute atomic E-state index is 8.40. The van der Waals surface area contributed by atoms with E-state index < -0.39 is 0 Å². The number of nitrogens with zero attached hydrogens (tertiary/aromatic N) is 4. The van der Waals surface area contributed by atoms with E-state index in [2.05, 4.69) is 17.1 Å². The van der Waals surface area contributed by atoms with Crippen LogP contribution in [0.4, 0.5) is 5.95 Å². The highest BCUT2D eigenvalue weighted by molar-refractivity contribution is 5.80. The van der Waals surface area contributed by atoms with Crippen molar-refractivity contribution in [1.29, 1.82) is 0 Å². The lowest BCUT2D eigenvalue weighted by molar-refractivity contribution is 0.317. The summed E-state index contributed by atoms with van der Waals surface area (Å²) in [6.45, 7) is 3.61. The Labute approximate surface area is 89.0 Å². The Morgan fingerprint density at radius 3 is 3.07 bits per heavy atom. The number of oxime groups is 1. The van der Waals surface area contributed by atoms with E-state index in [0.717, 1.165) is 12.5 Å². The highest BCUT2D eigenvalue weighted by Crippen LogP contribution is 2.09. The third kappa shape index (κ3) is 2.87. The van der Waals surface area contributed by atoms with Crippen LogP contribution < -0.4 is 10.6 Å². The number of hydrogen-bond acceptors (Lipinski definition) is 4. The molecule has 0 aliphatic heterocycles. The Morgan fingerprint density at radius 2 is 2.47 bits per heavy atom. The number of hydrogen-bond donors (Lipinski definition) is 2. The Balaban J connectivity index is 2.57. The highest BCUT2D eigenvalue weighted by Gasteiger charge is 2.07. The molecule has 0 bridgehead atoms. The minimum absolute atomic E-state index is 0.233. The first kappa shape index (κ1) is 11.4. The molecular weight excluding hydrogens is 194 g/mol. The van der Waals surface area contributed by atoms with Gasteiger partial charge in [0.25, 0.3) is 0 Å². The summed E-state index contributed by atoms with van der Waals surface area (Å²) in [5, 5.41) is 11.3. The lowest BCUT2D eigenvalue weighted by atomic mass is 10.4. The molecule has 0 saturated carbocycles. The smallest absolute Gasteiger partial charge is 0.205 e.